The molecule has 2 N–H and O–H groups in total. The second-order valence-electron chi connectivity index (χ2n) is 2.40. The van der Waals surface area contributed by atoms with Crippen molar-refractivity contribution < 1.29 is 13.2 Å². The van der Waals surface area contributed by atoms with Crippen LogP contribution in [0.3, 0.4) is 0 Å². The van der Waals surface area contributed by atoms with Crippen molar-refractivity contribution in [1.29, 1.82) is 0 Å². The Balaban J connectivity index is 2.40. The summed E-state index contributed by atoms with van der Waals surface area (Å²) in [5, 5.41) is 0. The molecule has 0 aliphatic heterocycles. The van der Waals surface area contributed by atoms with Crippen molar-refractivity contribution in [3.63, 3.8) is 0 Å². The number of hydrogen-bond donors (Lipinski definition) is 1. The van der Waals surface area contributed by atoms with Crippen molar-refractivity contribution in [1.82, 2.24) is 0 Å². The van der Waals surface area contributed by atoms with Crippen molar-refractivity contribution >= 4 is 0 Å². The van der Waals surface area contributed by atoms with E-state index in [4.69, 9.17) is 5.73 Å². The average Bonchev–Trinajstić information content (AvgIpc) is 2.40. The molecule has 54 valence electrons. The zero-order valence-electron chi connectivity index (χ0n) is 4.78. The van der Waals surface area contributed by atoms with E-state index in [0.29, 0.717) is 12.8 Å². The van der Waals surface area contributed by atoms with Gasteiger partial charge in [-0.25, -0.2) is 0 Å². The summed E-state index contributed by atoms with van der Waals surface area (Å²) < 4.78 is 34.8. The molecule has 0 unspecified atom stereocenters. The SMILES string of the molecule is N[C@@H](C1CC1)C(F)(F)F. The van der Waals surface area contributed by atoms with Gasteiger partial charge in [0.15, 0.2) is 0 Å². The fourth-order valence-electron chi connectivity index (χ4n) is 0.723. The van der Waals surface area contributed by atoms with Gasteiger partial charge in [0.05, 0.1) is 0 Å². The van der Waals surface area contributed by atoms with Gasteiger partial charge in [0.2, 0.25) is 0 Å². The fourth-order valence-corrected chi connectivity index (χ4v) is 0.723. The van der Waals surface area contributed by atoms with E-state index in [2.05, 4.69) is 0 Å². The molecule has 4 heteroatoms. The van der Waals surface area contributed by atoms with Crippen molar-refractivity contribution in [2.75, 3.05) is 0 Å². The van der Waals surface area contributed by atoms with Crippen LogP contribution in [0.2, 0.25) is 0 Å². The highest BCUT2D eigenvalue weighted by atomic mass is 19.4. The van der Waals surface area contributed by atoms with Gasteiger partial charge in [-0.1, -0.05) is 0 Å². The zero-order chi connectivity index (χ0) is 7.07. The summed E-state index contributed by atoms with van der Waals surface area (Å²) in [6.45, 7) is 0. The minimum Gasteiger partial charge on any atom is -0.320 e. The normalized spacial score (nSPS) is 24.0. The summed E-state index contributed by atoms with van der Waals surface area (Å²) in [5.74, 6) is -0.287. The van der Waals surface area contributed by atoms with E-state index in [1.165, 1.54) is 0 Å². The monoisotopic (exact) mass is 139 g/mol. The van der Waals surface area contributed by atoms with Crippen molar-refractivity contribution in [3.8, 4) is 0 Å². The average molecular weight is 139 g/mol. The first-order chi connectivity index (χ1) is 4.02. The van der Waals surface area contributed by atoms with Crippen LogP contribution in [-0.2, 0) is 0 Å². The lowest BCUT2D eigenvalue weighted by Gasteiger charge is -2.13. The van der Waals surface area contributed by atoms with Gasteiger partial charge in [0.25, 0.3) is 0 Å². The van der Waals surface area contributed by atoms with Crippen LogP contribution >= 0.6 is 0 Å². The molecule has 0 amide bonds. The lowest BCUT2D eigenvalue weighted by molar-refractivity contribution is -0.151. The lowest BCUT2D eigenvalue weighted by atomic mass is 10.2. The minimum absolute atomic E-state index is 0.287. The Morgan fingerprint density at radius 3 is 1.89 bits per heavy atom. The number of nitrogens with two attached hydrogens (primary N) is 1. The van der Waals surface area contributed by atoms with Gasteiger partial charge in [-0.05, 0) is 18.8 Å². The molecule has 0 heterocycles. The molecule has 1 rings (SSSR count). The topological polar surface area (TPSA) is 26.0 Å². The van der Waals surface area contributed by atoms with Gasteiger partial charge >= 0.3 is 6.18 Å². The summed E-state index contributed by atoms with van der Waals surface area (Å²) >= 11 is 0. The van der Waals surface area contributed by atoms with E-state index in [0.717, 1.165) is 0 Å². The molecule has 9 heavy (non-hydrogen) atoms. The maximum atomic E-state index is 11.6. The summed E-state index contributed by atoms with van der Waals surface area (Å²) in [7, 11) is 0. The predicted molar refractivity (Wildman–Crippen MR) is 26.8 cm³/mol. The van der Waals surface area contributed by atoms with Gasteiger partial charge in [0.1, 0.15) is 6.04 Å². The van der Waals surface area contributed by atoms with Crippen molar-refractivity contribution in [2.24, 2.45) is 11.7 Å². The molecule has 0 saturated heterocycles. The molecular weight excluding hydrogens is 131 g/mol. The highest BCUT2D eigenvalue weighted by molar-refractivity contribution is 4.88. The van der Waals surface area contributed by atoms with Gasteiger partial charge < -0.3 is 5.73 Å². The van der Waals surface area contributed by atoms with Crippen LogP contribution in [0.15, 0.2) is 0 Å². The summed E-state index contributed by atoms with van der Waals surface area (Å²) in [6.07, 6.45) is -2.90. The van der Waals surface area contributed by atoms with Gasteiger partial charge in [-0.3, -0.25) is 0 Å². The van der Waals surface area contributed by atoms with E-state index in [1.807, 2.05) is 0 Å². The first kappa shape index (κ1) is 6.86. The molecule has 0 aromatic heterocycles. The Kier molecular flexibility index (Phi) is 1.42. The Morgan fingerprint density at radius 2 is 1.78 bits per heavy atom. The molecule has 0 bridgehead atoms. The third-order valence-corrected chi connectivity index (χ3v) is 1.51. The Labute approximate surface area is 51.0 Å². The molecule has 1 aliphatic carbocycles. The molecule has 1 fully saturated rings. The van der Waals surface area contributed by atoms with E-state index < -0.39 is 12.2 Å². The van der Waals surface area contributed by atoms with Crippen LogP contribution < -0.4 is 5.73 Å². The van der Waals surface area contributed by atoms with Crippen molar-refractivity contribution in [3.05, 3.63) is 0 Å². The van der Waals surface area contributed by atoms with E-state index >= 15 is 0 Å². The van der Waals surface area contributed by atoms with Crippen molar-refractivity contribution in [2.45, 2.75) is 25.1 Å². The molecule has 0 radical (unpaired) electrons. The smallest absolute Gasteiger partial charge is 0.320 e. The molecule has 0 spiro atoms. The largest absolute Gasteiger partial charge is 0.403 e. The Hall–Kier alpha value is -0.250. The third kappa shape index (κ3) is 1.58. The third-order valence-electron chi connectivity index (χ3n) is 1.51. The molecular formula is C5H8F3N. The number of hydrogen-bond acceptors (Lipinski definition) is 1. The van der Waals surface area contributed by atoms with Crippen LogP contribution in [-0.4, -0.2) is 12.2 Å². The highest BCUT2D eigenvalue weighted by Gasteiger charge is 2.46. The van der Waals surface area contributed by atoms with Crippen LogP contribution in [0, 0.1) is 5.92 Å². The van der Waals surface area contributed by atoms with E-state index in [1.54, 1.807) is 0 Å². The number of halogens is 3. The maximum absolute atomic E-state index is 11.6. The second-order valence-corrected chi connectivity index (χ2v) is 2.40. The van der Waals surface area contributed by atoms with Gasteiger partial charge in [-0.2, -0.15) is 13.2 Å². The van der Waals surface area contributed by atoms with Gasteiger partial charge in [-0.15, -0.1) is 0 Å². The summed E-state index contributed by atoms with van der Waals surface area (Å²) in [5.41, 5.74) is 4.83. The van der Waals surface area contributed by atoms with Crippen LogP contribution in [0.4, 0.5) is 13.2 Å². The predicted octanol–water partition coefficient (Wildman–Crippen LogP) is 1.29. The first-order valence-corrected chi connectivity index (χ1v) is 2.84. The van der Waals surface area contributed by atoms with E-state index in [9.17, 15) is 13.2 Å². The molecule has 1 saturated carbocycles. The van der Waals surface area contributed by atoms with Gasteiger partial charge in [0, 0.05) is 0 Å². The van der Waals surface area contributed by atoms with Crippen LogP contribution in [0.25, 0.3) is 0 Å². The Bertz CT molecular complexity index is 105. The molecule has 0 aromatic carbocycles. The lowest BCUT2D eigenvalue weighted by Crippen LogP contribution is -2.38. The maximum Gasteiger partial charge on any atom is 0.403 e. The van der Waals surface area contributed by atoms with Crippen LogP contribution in [0.1, 0.15) is 12.8 Å². The molecule has 1 aliphatic rings. The van der Waals surface area contributed by atoms with E-state index in [-0.39, 0.29) is 5.92 Å². The number of alkyl halides is 3. The molecule has 0 aromatic rings. The summed E-state index contributed by atoms with van der Waals surface area (Å²) in [4.78, 5) is 0. The minimum atomic E-state index is -4.18. The molecule has 1 atom stereocenters. The summed E-state index contributed by atoms with van der Waals surface area (Å²) in [6, 6.07) is -1.57. The zero-order valence-corrected chi connectivity index (χ0v) is 4.78. The number of rotatable bonds is 1. The second kappa shape index (κ2) is 1.87. The molecule has 1 nitrogen and oxygen atoms in total. The standard InChI is InChI=1S/C5H8F3N/c6-5(7,8)4(9)3-1-2-3/h3-4H,1-2,9H2/t4-/m0/s1. The van der Waals surface area contributed by atoms with Crippen LogP contribution in [0.5, 0.6) is 0 Å². The first-order valence-electron chi connectivity index (χ1n) is 2.84. The quantitative estimate of drug-likeness (QED) is 0.582. The Morgan fingerprint density at radius 1 is 1.33 bits per heavy atom. The highest BCUT2D eigenvalue weighted by Crippen LogP contribution is 2.38. The fraction of sp³-hybridized carbons (Fsp3) is 1.00.